The van der Waals surface area contributed by atoms with Gasteiger partial charge < -0.3 is 9.67 Å². The van der Waals surface area contributed by atoms with Crippen LogP contribution < -0.4 is 0 Å². The van der Waals surface area contributed by atoms with Gasteiger partial charge in [0.25, 0.3) is 10.0 Å². The van der Waals surface area contributed by atoms with Gasteiger partial charge in [0, 0.05) is 19.3 Å². The van der Waals surface area contributed by atoms with E-state index in [-0.39, 0.29) is 11.6 Å². The van der Waals surface area contributed by atoms with Crippen molar-refractivity contribution >= 4 is 16.0 Å². The molecule has 1 N–H and O–H groups in total. The van der Waals surface area contributed by atoms with Gasteiger partial charge in [-0.15, -0.1) is 6.58 Å². The Kier molecular flexibility index (Phi) is 5.46. The lowest BCUT2D eigenvalue weighted by Crippen LogP contribution is -2.36. The van der Waals surface area contributed by atoms with Crippen molar-refractivity contribution in [3.05, 3.63) is 24.7 Å². The number of carboxylic acids is 1. The van der Waals surface area contributed by atoms with Crippen LogP contribution in [0.1, 0.15) is 19.2 Å². The van der Waals surface area contributed by atoms with E-state index in [4.69, 9.17) is 5.11 Å². The summed E-state index contributed by atoms with van der Waals surface area (Å²) in [6.07, 6.45) is 3.63. The fraction of sp³-hybridized carbons (Fsp3) is 0.500. The Morgan fingerprint density at radius 2 is 2.25 bits per heavy atom. The molecule has 0 radical (unpaired) electrons. The highest BCUT2D eigenvalue weighted by Gasteiger charge is 2.28. The fourth-order valence-electron chi connectivity index (χ4n) is 1.75. The minimum absolute atomic E-state index is 0.0751. The molecule has 0 saturated carbocycles. The van der Waals surface area contributed by atoms with Crippen LogP contribution in [0.4, 0.5) is 0 Å². The van der Waals surface area contributed by atoms with Crippen LogP contribution in [0.2, 0.25) is 0 Å². The monoisotopic (exact) mass is 301 g/mol. The molecule has 0 aliphatic carbocycles. The number of rotatable bonds is 8. The van der Waals surface area contributed by atoms with Crippen molar-refractivity contribution in [2.45, 2.75) is 31.8 Å². The summed E-state index contributed by atoms with van der Waals surface area (Å²) in [4.78, 5) is 14.8. The van der Waals surface area contributed by atoms with Crippen molar-refractivity contribution in [3.8, 4) is 0 Å². The molecule has 0 bridgehead atoms. The highest BCUT2D eigenvalue weighted by atomic mass is 32.2. The molecule has 0 aliphatic rings. The molecular formula is C12H19N3O4S. The lowest BCUT2D eigenvalue weighted by Gasteiger charge is -2.16. The van der Waals surface area contributed by atoms with E-state index in [0.717, 1.165) is 10.7 Å². The molecule has 20 heavy (non-hydrogen) atoms. The van der Waals surface area contributed by atoms with Gasteiger partial charge in [-0.2, -0.15) is 4.31 Å². The second kappa shape index (κ2) is 6.67. The largest absolute Gasteiger partial charge is 0.480 e. The van der Waals surface area contributed by atoms with Crippen molar-refractivity contribution in [2.24, 2.45) is 0 Å². The topological polar surface area (TPSA) is 92.5 Å². The van der Waals surface area contributed by atoms with E-state index in [2.05, 4.69) is 11.6 Å². The molecule has 0 saturated heterocycles. The van der Waals surface area contributed by atoms with Gasteiger partial charge in [0.2, 0.25) is 0 Å². The summed E-state index contributed by atoms with van der Waals surface area (Å²) < 4.78 is 27.3. The molecular weight excluding hydrogens is 282 g/mol. The number of aryl methyl sites for hydroxylation is 2. The summed E-state index contributed by atoms with van der Waals surface area (Å²) in [5, 5.41) is 8.67. The Morgan fingerprint density at radius 1 is 1.60 bits per heavy atom. The first-order chi connectivity index (χ1) is 9.32. The Labute approximate surface area is 118 Å². The first kappa shape index (κ1) is 16.4. The minimum Gasteiger partial charge on any atom is -0.480 e. The smallest absolute Gasteiger partial charge is 0.318 e. The van der Waals surface area contributed by atoms with Gasteiger partial charge in [-0.05, 0) is 13.3 Å². The van der Waals surface area contributed by atoms with Crippen LogP contribution in [0, 0.1) is 6.92 Å². The van der Waals surface area contributed by atoms with Crippen molar-refractivity contribution in [1.82, 2.24) is 13.9 Å². The van der Waals surface area contributed by atoms with Crippen molar-refractivity contribution < 1.29 is 18.3 Å². The summed E-state index contributed by atoms with van der Waals surface area (Å²) in [7, 11) is -3.93. The van der Waals surface area contributed by atoms with E-state index in [1.54, 1.807) is 11.5 Å². The Balaban J connectivity index is 3.15. The van der Waals surface area contributed by atoms with Gasteiger partial charge in [0.05, 0.1) is 0 Å². The van der Waals surface area contributed by atoms with E-state index < -0.39 is 22.5 Å². The molecule has 0 aliphatic heterocycles. The van der Waals surface area contributed by atoms with Crippen LogP contribution in [0.5, 0.6) is 0 Å². The van der Waals surface area contributed by atoms with E-state index in [9.17, 15) is 13.2 Å². The number of imidazole rings is 1. The quantitative estimate of drug-likeness (QED) is 0.719. The molecule has 1 aromatic heterocycles. The van der Waals surface area contributed by atoms with Crippen molar-refractivity contribution in [2.75, 3.05) is 13.1 Å². The van der Waals surface area contributed by atoms with Crippen molar-refractivity contribution in [3.63, 3.8) is 0 Å². The number of sulfonamides is 1. The average Bonchev–Trinajstić information content (AvgIpc) is 2.71. The van der Waals surface area contributed by atoms with Crippen LogP contribution >= 0.6 is 0 Å². The fourth-order valence-corrected chi connectivity index (χ4v) is 3.10. The summed E-state index contributed by atoms with van der Waals surface area (Å²) in [6, 6.07) is 0. The second-order valence-corrected chi connectivity index (χ2v) is 6.18. The molecule has 0 amide bonds. The second-order valence-electron chi connectivity index (χ2n) is 4.30. The average molecular weight is 301 g/mol. The molecule has 0 unspecified atom stereocenters. The first-order valence-electron chi connectivity index (χ1n) is 6.19. The number of carbonyl (C=O) groups is 1. The van der Waals surface area contributed by atoms with Gasteiger partial charge >= 0.3 is 5.97 Å². The number of nitrogens with zero attached hydrogens (tertiary/aromatic N) is 3. The van der Waals surface area contributed by atoms with Crippen LogP contribution in [0.15, 0.2) is 23.9 Å². The molecule has 0 spiro atoms. The summed E-state index contributed by atoms with van der Waals surface area (Å²) in [5.41, 5.74) is 0. The van der Waals surface area contributed by atoms with Gasteiger partial charge in [0.1, 0.15) is 12.4 Å². The maximum absolute atomic E-state index is 12.4. The molecule has 1 aromatic rings. The third-order valence-electron chi connectivity index (χ3n) is 2.67. The molecule has 1 heterocycles. The third kappa shape index (κ3) is 3.67. The zero-order valence-electron chi connectivity index (χ0n) is 11.6. The molecule has 8 heteroatoms. The molecule has 7 nitrogen and oxygen atoms in total. The lowest BCUT2D eigenvalue weighted by atomic mass is 10.5. The molecule has 0 atom stereocenters. The van der Waals surface area contributed by atoms with Crippen LogP contribution in [0.3, 0.4) is 0 Å². The Bertz CT molecular complexity index is 592. The third-order valence-corrected chi connectivity index (χ3v) is 4.35. The highest BCUT2D eigenvalue weighted by molar-refractivity contribution is 7.89. The zero-order chi connectivity index (χ0) is 15.3. The molecule has 1 rings (SSSR count). The van der Waals surface area contributed by atoms with Gasteiger partial charge in [-0.3, -0.25) is 4.79 Å². The number of hydrogen-bond donors (Lipinski definition) is 1. The summed E-state index contributed by atoms with van der Waals surface area (Å²) in [6.45, 7) is 7.10. The molecule has 112 valence electrons. The summed E-state index contributed by atoms with van der Waals surface area (Å²) in [5.74, 6) is -0.639. The molecule has 0 aromatic carbocycles. The lowest BCUT2D eigenvalue weighted by molar-refractivity contribution is -0.137. The number of carboxylic acid groups (broad SMARTS) is 1. The number of aromatic nitrogens is 2. The SMILES string of the molecule is C=CCN(CC(=O)O)S(=O)(=O)c1cn(CCC)c(C)n1. The van der Waals surface area contributed by atoms with E-state index in [0.29, 0.717) is 12.4 Å². The maximum atomic E-state index is 12.4. The summed E-state index contributed by atoms with van der Waals surface area (Å²) >= 11 is 0. The predicted octanol–water partition coefficient (Wildman–Crippen LogP) is 0.863. The Hall–Kier alpha value is -1.67. The van der Waals surface area contributed by atoms with E-state index >= 15 is 0 Å². The Morgan fingerprint density at radius 3 is 2.75 bits per heavy atom. The van der Waals surface area contributed by atoms with Crippen molar-refractivity contribution in [1.29, 1.82) is 0 Å². The zero-order valence-corrected chi connectivity index (χ0v) is 12.4. The van der Waals surface area contributed by atoms with Crippen LogP contribution in [0.25, 0.3) is 0 Å². The number of hydrogen-bond acceptors (Lipinski definition) is 4. The maximum Gasteiger partial charge on any atom is 0.318 e. The predicted molar refractivity (Wildman–Crippen MR) is 73.8 cm³/mol. The van der Waals surface area contributed by atoms with Gasteiger partial charge in [-0.1, -0.05) is 13.0 Å². The first-order valence-corrected chi connectivity index (χ1v) is 7.63. The van der Waals surface area contributed by atoms with Gasteiger partial charge in [-0.25, -0.2) is 13.4 Å². The minimum atomic E-state index is -3.93. The number of aliphatic carboxylic acids is 1. The van der Waals surface area contributed by atoms with Gasteiger partial charge in [0.15, 0.2) is 5.03 Å². The van der Waals surface area contributed by atoms with E-state index in [1.165, 1.54) is 12.3 Å². The van der Waals surface area contributed by atoms with Crippen LogP contribution in [-0.2, 0) is 21.4 Å². The standard InChI is InChI=1S/C12H19N3O4S/c1-4-6-14-8-11(13-10(14)3)20(18,19)15(7-5-2)9-12(16)17/h5,8H,2,4,6-7,9H2,1,3H3,(H,16,17). The van der Waals surface area contributed by atoms with E-state index in [1.807, 2.05) is 6.92 Å². The molecule has 0 fully saturated rings. The van der Waals surface area contributed by atoms with Crippen LogP contribution in [-0.4, -0.2) is 46.4 Å². The normalized spacial score (nSPS) is 11.8. The highest BCUT2D eigenvalue weighted by Crippen LogP contribution is 2.15.